The van der Waals surface area contributed by atoms with Crippen LogP contribution in [0.3, 0.4) is 0 Å². The first-order valence-electron chi connectivity index (χ1n) is 6.99. The number of nitrogens with one attached hydrogen (secondary N) is 1. The number of urea groups is 1. The molecule has 0 spiro atoms. The molecule has 3 amide bonds. The molecule has 9 heteroatoms. The fourth-order valence-electron chi connectivity index (χ4n) is 2.08. The summed E-state index contributed by atoms with van der Waals surface area (Å²) in [6.45, 7) is 4.15. The number of aryl methyl sites for hydroxylation is 1. The number of amides is 3. The van der Waals surface area contributed by atoms with Crippen LogP contribution in [0.5, 0.6) is 0 Å². The lowest BCUT2D eigenvalue weighted by Crippen LogP contribution is -2.50. The van der Waals surface area contributed by atoms with Gasteiger partial charge in [-0.1, -0.05) is 5.16 Å². The lowest BCUT2D eigenvalue weighted by atomic mass is 10.3. The molecule has 0 atom stereocenters. The molecule has 1 aromatic heterocycles. The number of esters is 1. The minimum absolute atomic E-state index is 0.141. The molecule has 2 rings (SSSR count). The third-order valence-electron chi connectivity index (χ3n) is 3.04. The predicted octanol–water partition coefficient (Wildman–Crippen LogP) is 0.319. The monoisotopic (exact) mass is 310 g/mol. The molecule has 9 nitrogen and oxygen atoms in total. The summed E-state index contributed by atoms with van der Waals surface area (Å²) < 4.78 is 9.60. The van der Waals surface area contributed by atoms with Crippen molar-refractivity contribution in [2.75, 3.05) is 26.2 Å². The van der Waals surface area contributed by atoms with Crippen LogP contribution < -0.4 is 5.32 Å². The molecule has 0 saturated carbocycles. The Balaban J connectivity index is 1.96. The lowest BCUT2D eigenvalue weighted by Gasteiger charge is -2.26. The molecule has 0 aliphatic carbocycles. The second-order valence-corrected chi connectivity index (χ2v) is 4.69. The summed E-state index contributed by atoms with van der Waals surface area (Å²) in [6, 6.07) is 0.981. The molecule has 1 aromatic rings. The van der Waals surface area contributed by atoms with Crippen molar-refractivity contribution in [2.24, 2.45) is 0 Å². The highest BCUT2D eigenvalue weighted by Gasteiger charge is 2.32. The lowest BCUT2D eigenvalue weighted by molar-refractivity contribution is -0.141. The van der Waals surface area contributed by atoms with E-state index in [4.69, 9.17) is 9.26 Å². The molecule has 22 heavy (non-hydrogen) atoms. The van der Waals surface area contributed by atoms with E-state index in [1.165, 1.54) is 16.1 Å². The number of hydrogen-bond acceptors (Lipinski definition) is 6. The molecule has 2 heterocycles. The van der Waals surface area contributed by atoms with Crippen LogP contribution in [0.2, 0.25) is 0 Å². The van der Waals surface area contributed by atoms with Gasteiger partial charge in [0.15, 0.2) is 5.69 Å². The van der Waals surface area contributed by atoms with Gasteiger partial charge in [0.05, 0.1) is 6.61 Å². The normalized spacial score (nSPS) is 14.1. The highest BCUT2D eigenvalue weighted by atomic mass is 16.5. The highest BCUT2D eigenvalue weighted by molar-refractivity contribution is 5.94. The zero-order valence-corrected chi connectivity index (χ0v) is 12.5. The third-order valence-corrected chi connectivity index (χ3v) is 3.04. The molecule has 0 unspecified atom stereocenters. The number of carbonyl (C=O) groups excluding carboxylic acids is 3. The minimum atomic E-state index is -0.529. The maximum atomic E-state index is 12.3. The van der Waals surface area contributed by atoms with Crippen molar-refractivity contribution in [1.29, 1.82) is 0 Å². The van der Waals surface area contributed by atoms with Gasteiger partial charge >= 0.3 is 12.0 Å². The Labute approximate surface area is 127 Å². The maximum absolute atomic E-state index is 12.3. The van der Waals surface area contributed by atoms with Gasteiger partial charge in [-0.3, -0.25) is 9.59 Å². The highest BCUT2D eigenvalue weighted by Crippen LogP contribution is 2.15. The quantitative estimate of drug-likeness (QED) is 0.803. The number of rotatable bonds is 4. The number of carbonyl (C=O) groups is 3. The van der Waals surface area contributed by atoms with Crippen LogP contribution in [-0.2, 0) is 9.53 Å². The van der Waals surface area contributed by atoms with Crippen molar-refractivity contribution < 1.29 is 23.6 Å². The number of nitrogens with zero attached hydrogens (tertiary/aromatic N) is 3. The van der Waals surface area contributed by atoms with E-state index in [1.54, 1.807) is 13.8 Å². The number of hydrazine groups is 1. The second kappa shape index (κ2) is 6.92. The van der Waals surface area contributed by atoms with Crippen LogP contribution in [-0.4, -0.2) is 59.3 Å². The predicted molar refractivity (Wildman–Crippen MR) is 73.6 cm³/mol. The Morgan fingerprint density at radius 1 is 1.36 bits per heavy atom. The zero-order chi connectivity index (χ0) is 16.1. The molecule has 1 N–H and O–H groups in total. The first-order chi connectivity index (χ1) is 10.5. The topological polar surface area (TPSA) is 105 Å². The number of hydrogen-bond donors (Lipinski definition) is 1. The van der Waals surface area contributed by atoms with E-state index in [0.717, 1.165) is 0 Å². The summed E-state index contributed by atoms with van der Waals surface area (Å²) in [5.41, 5.74) is 0.141. The van der Waals surface area contributed by atoms with Gasteiger partial charge in [0.2, 0.25) is 0 Å². The average molecular weight is 310 g/mol. The molecule has 1 fully saturated rings. The molecule has 0 bridgehead atoms. The SMILES string of the molecule is CCOC(=O)CNC(=O)N1CCCN1C(=O)c1cc(C)on1. The Morgan fingerprint density at radius 3 is 2.73 bits per heavy atom. The van der Waals surface area contributed by atoms with Crippen LogP contribution >= 0.6 is 0 Å². The van der Waals surface area contributed by atoms with Crippen molar-refractivity contribution in [3.8, 4) is 0 Å². The van der Waals surface area contributed by atoms with Crippen molar-refractivity contribution >= 4 is 17.9 Å². The summed E-state index contributed by atoms with van der Waals surface area (Å²) in [4.78, 5) is 35.6. The molecule has 0 aromatic carbocycles. The van der Waals surface area contributed by atoms with E-state index < -0.39 is 17.9 Å². The first kappa shape index (κ1) is 15.8. The second-order valence-electron chi connectivity index (χ2n) is 4.69. The molecular formula is C13H18N4O5. The molecule has 1 aliphatic heterocycles. The molecule has 0 radical (unpaired) electrons. The van der Waals surface area contributed by atoms with E-state index in [2.05, 4.69) is 10.5 Å². The van der Waals surface area contributed by atoms with Crippen molar-refractivity contribution in [2.45, 2.75) is 20.3 Å². The fourth-order valence-corrected chi connectivity index (χ4v) is 2.08. The van der Waals surface area contributed by atoms with Gasteiger partial charge in [-0.2, -0.15) is 0 Å². The summed E-state index contributed by atoms with van der Waals surface area (Å²) in [5.74, 6) is -0.429. The minimum Gasteiger partial charge on any atom is -0.465 e. The van der Waals surface area contributed by atoms with Crippen LogP contribution in [0.15, 0.2) is 10.6 Å². The van der Waals surface area contributed by atoms with Crippen molar-refractivity contribution in [1.82, 2.24) is 20.5 Å². The van der Waals surface area contributed by atoms with Crippen LogP contribution in [0.4, 0.5) is 4.79 Å². The maximum Gasteiger partial charge on any atom is 0.336 e. The van der Waals surface area contributed by atoms with E-state index in [0.29, 0.717) is 25.3 Å². The number of aromatic nitrogens is 1. The smallest absolute Gasteiger partial charge is 0.336 e. The van der Waals surface area contributed by atoms with Gasteiger partial charge in [0, 0.05) is 19.2 Å². The van der Waals surface area contributed by atoms with Gasteiger partial charge in [0.25, 0.3) is 5.91 Å². The van der Waals surface area contributed by atoms with Crippen LogP contribution in [0, 0.1) is 6.92 Å². The molecule has 120 valence electrons. The standard InChI is InChI=1S/C13H18N4O5/c1-3-21-11(18)8-14-13(20)17-6-4-5-16(17)12(19)10-7-9(2)22-15-10/h7H,3-6,8H2,1-2H3,(H,14,20). The Morgan fingerprint density at radius 2 is 2.09 bits per heavy atom. The van der Waals surface area contributed by atoms with Gasteiger partial charge in [0.1, 0.15) is 12.3 Å². The Kier molecular flexibility index (Phi) is 4.97. The molecular weight excluding hydrogens is 292 g/mol. The van der Waals surface area contributed by atoms with Crippen LogP contribution in [0.25, 0.3) is 0 Å². The molecule has 1 aliphatic rings. The van der Waals surface area contributed by atoms with Gasteiger partial charge < -0.3 is 14.6 Å². The van der Waals surface area contributed by atoms with E-state index in [9.17, 15) is 14.4 Å². The van der Waals surface area contributed by atoms with E-state index in [-0.39, 0.29) is 18.8 Å². The zero-order valence-electron chi connectivity index (χ0n) is 12.5. The summed E-state index contributed by atoms with van der Waals surface area (Å²) in [5, 5.41) is 8.62. The van der Waals surface area contributed by atoms with Crippen LogP contribution in [0.1, 0.15) is 29.6 Å². The number of ether oxygens (including phenoxy) is 1. The Hall–Kier alpha value is -2.58. The van der Waals surface area contributed by atoms with Gasteiger partial charge in [-0.25, -0.2) is 14.8 Å². The summed E-state index contributed by atoms with van der Waals surface area (Å²) in [6.07, 6.45) is 0.648. The van der Waals surface area contributed by atoms with Crippen molar-refractivity contribution in [3.05, 3.63) is 17.5 Å². The summed E-state index contributed by atoms with van der Waals surface area (Å²) in [7, 11) is 0. The first-order valence-corrected chi connectivity index (χ1v) is 6.99. The van der Waals surface area contributed by atoms with Gasteiger partial charge in [-0.05, 0) is 20.3 Å². The van der Waals surface area contributed by atoms with Gasteiger partial charge in [-0.15, -0.1) is 0 Å². The summed E-state index contributed by atoms with van der Waals surface area (Å²) >= 11 is 0. The Bertz CT molecular complexity index is 571. The third kappa shape index (κ3) is 3.54. The average Bonchev–Trinajstić information content (AvgIpc) is 3.13. The largest absolute Gasteiger partial charge is 0.465 e. The fraction of sp³-hybridized carbons (Fsp3) is 0.538. The van der Waals surface area contributed by atoms with E-state index in [1.807, 2.05) is 0 Å². The molecule has 1 saturated heterocycles. The van der Waals surface area contributed by atoms with E-state index >= 15 is 0 Å². The van der Waals surface area contributed by atoms with Crippen molar-refractivity contribution in [3.63, 3.8) is 0 Å².